The summed E-state index contributed by atoms with van der Waals surface area (Å²) in [7, 11) is -2.17. The van der Waals surface area contributed by atoms with E-state index in [-0.39, 0.29) is 26.6 Å². The second-order valence-corrected chi connectivity index (χ2v) is 9.71. The van der Waals surface area contributed by atoms with Crippen molar-refractivity contribution in [3.8, 4) is 5.75 Å². The van der Waals surface area contributed by atoms with E-state index >= 15 is 0 Å². The molecule has 3 aromatic rings. The van der Waals surface area contributed by atoms with E-state index < -0.39 is 21.8 Å². The Kier molecular flexibility index (Phi) is 5.27. The van der Waals surface area contributed by atoms with E-state index in [1.165, 1.54) is 17.0 Å². The average molecular weight is 444 g/mol. The first-order chi connectivity index (χ1) is 14.4. The molecule has 1 N–H and O–H groups in total. The Balaban J connectivity index is 1.52. The third-order valence-corrected chi connectivity index (χ3v) is 7.79. The molecule has 0 spiro atoms. The average Bonchev–Trinajstić information content (AvgIpc) is 3.24. The fourth-order valence-electron chi connectivity index (χ4n) is 2.98. The van der Waals surface area contributed by atoms with Crippen molar-refractivity contribution in [1.82, 2.24) is 10.3 Å². The van der Waals surface area contributed by atoms with Crippen LogP contribution >= 0.6 is 11.3 Å². The zero-order chi connectivity index (χ0) is 21.3. The smallest absolute Gasteiger partial charge is 0.281 e. The van der Waals surface area contributed by atoms with Gasteiger partial charge in [0.25, 0.3) is 11.8 Å². The highest BCUT2D eigenvalue weighted by molar-refractivity contribution is 7.93. The first kappa shape index (κ1) is 20.0. The number of ether oxygens (including phenoxy) is 1. The molecule has 8 nitrogen and oxygen atoms in total. The molecule has 0 radical (unpaired) electrons. The number of fused-ring (bicyclic) bond motifs is 1. The summed E-state index contributed by atoms with van der Waals surface area (Å²) >= 11 is 0.749. The van der Waals surface area contributed by atoms with Gasteiger partial charge in [-0.2, -0.15) is 0 Å². The van der Waals surface area contributed by atoms with E-state index in [4.69, 9.17) is 4.74 Å². The number of hydrogen-bond acceptors (Lipinski definition) is 7. The number of nitrogens with one attached hydrogen (secondary N) is 1. The van der Waals surface area contributed by atoms with Crippen molar-refractivity contribution >= 4 is 38.7 Å². The van der Waals surface area contributed by atoms with E-state index in [9.17, 15) is 18.0 Å². The van der Waals surface area contributed by atoms with Gasteiger partial charge in [-0.15, -0.1) is 0 Å². The number of aromatic nitrogens is 1. The number of likely N-dealkylation sites (N-methyl/N-ethyl adjacent to an activating group) is 1. The van der Waals surface area contributed by atoms with E-state index in [1.54, 1.807) is 49.5 Å². The Morgan fingerprint density at radius 1 is 1.17 bits per heavy atom. The fraction of sp³-hybridized carbons (Fsp3) is 0.150. The van der Waals surface area contributed by atoms with Crippen molar-refractivity contribution in [3.05, 3.63) is 65.8 Å². The molecular weight excluding hydrogens is 426 g/mol. The number of carbonyl (C=O) groups is 2. The molecule has 0 saturated heterocycles. The first-order valence-electron chi connectivity index (χ1n) is 8.94. The molecule has 1 aliphatic heterocycles. The van der Waals surface area contributed by atoms with Crippen molar-refractivity contribution in [2.45, 2.75) is 15.1 Å². The SMILES string of the molecule is CN1C(=O)C(NC(=O)c2ncc(S(=O)(=O)c3ccccc3)s2)COc2ccccc21. The second kappa shape index (κ2) is 7.88. The largest absolute Gasteiger partial charge is 0.489 e. The van der Waals surface area contributed by atoms with E-state index in [0.29, 0.717) is 11.4 Å². The molecule has 0 bridgehead atoms. The van der Waals surface area contributed by atoms with Crippen LogP contribution in [0, 0.1) is 0 Å². The quantitative estimate of drug-likeness (QED) is 0.662. The zero-order valence-corrected chi connectivity index (χ0v) is 17.4. The van der Waals surface area contributed by atoms with Crippen LogP contribution in [0.25, 0.3) is 0 Å². The highest BCUT2D eigenvalue weighted by atomic mass is 32.2. The molecular formula is C20H17N3O5S2. The van der Waals surface area contributed by atoms with Gasteiger partial charge in [0.1, 0.15) is 22.6 Å². The van der Waals surface area contributed by atoms with Crippen LogP contribution in [0.4, 0.5) is 5.69 Å². The van der Waals surface area contributed by atoms with Gasteiger partial charge in [-0.25, -0.2) is 13.4 Å². The minimum Gasteiger partial charge on any atom is -0.489 e. The number of para-hydroxylation sites is 2. The third-order valence-electron chi connectivity index (χ3n) is 4.56. The standard InChI is InChI=1S/C20H17N3O5S2/c1-23-15-9-5-6-10-16(15)28-12-14(20(23)25)22-18(24)19-21-11-17(29-19)30(26,27)13-7-3-2-4-8-13/h2-11,14H,12H2,1H3,(H,22,24). The lowest BCUT2D eigenvalue weighted by Crippen LogP contribution is -2.49. The molecule has 30 heavy (non-hydrogen) atoms. The van der Waals surface area contributed by atoms with E-state index in [2.05, 4.69) is 10.3 Å². The van der Waals surface area contributed by atoms with E-state index in [0.717, 1.165) is 17.5 Å². The normalized spacial score (nSPS) is 16.4. The van der Waals surface area contributed by atoms with Crippen LogP contribution in [0.3, 0.4) is 0 Å². The summed E-state index contributed by atoms with van der Waals surface area (Å²) in [6.45, 7) is -0.0491. The number of anilines is 1. The third kappa shape index (κ3) is 3.66. The van der Waals surface area contributed by atoms with Gasteiger partial charge in [-0.05, 0) is 24.3 Å². The molecule has 2 aromatic carbocycles. The number of benzene rings is 2. The van der Waals surface area contributed by atoms with Gasteiger partial charge in [0, 0.05) is 7.05 Å². The van der Waals surface area contributed by atoms with Crippen molar-refractivity contribution in [1.29, 1.82) is 0 Å². The predicted molar refractivity (Wildman–Crippen MR) is 111 cm³/mol. The molecule has 2 heterocycles. The van der Waals surface area contributed by atoms with Crippen LogP contribution in [0.2, 0.25) is 0 Å². The molecule has 0 aliphatic carbocycles. The van der Waals surface area contributed by atoms with Crippen LogP contribution in [-0.2, 0) is 14.6 Å². The van der Waals surface area contributed by atoms with Gasteiger partial charge in [0.2, 0.25) is 9.84 Å². The first-order valence-corrected chi connectivity index (χ1v) is 11.2. The Morgan fingerprint density at radius 2 is 1.87 bits per heavy atom. The Labute approximate surface area is 177 Å². The highest BCUT2D eigenvalue weighted by Gasteiger charge is 2.31. The predicted octanol–water partition coefficient (Wildman–Crippen LogP) is 2.13. The van der Waals surface area contributed by atoms with Gasteiger partial charge in [0.15, 0.2) is 5.01 Å². The molecule has 1 unspecified atom stereocenters. The lowest BCUT2D eigenvalue weighted by Gasteiger charge is -2.19. The maximum Gasteiger partial charge on any atom is 0.281 e. The maximum absolute atomic E-state index is 12.7. The molecule has 1 atom stereocenters. The van der Waals surface area contributed by atoms with Gasteiger partial charge in [-0.1, -0.05) is 41.7 Å². The molecule has 10 heteroatoms. The maximum atomic E-state index is 12.7. The molecule has 0 fully saturated rings. The van der Waals surface area contributed by atoms with Gasteiger partial charge >= 0.3 is 0 Å². The molecule has 1 aromatic heterocycles. The van der Waals surface area contributed by atoms with Crippen molar-refractivity contribution < 1.29 is 22.7 Å². The van der Waals surface area contributed by atoms with Crippen LogP contribution in [-0.4, -0.2) is 44.9 Å². The number of thiazole rings is 1. The van der Waals surface area contributed by atoms with Gasteiger partial charge in [-0.3, -0.25) is 9.59 Å². The second-order valence-electron chi connectivity index (χ2n) is 6.50. The number of rotatable bonds is 4. The summed E-state index contributed by atoms with van der Waals surface area (Å²) in [5, 5.41) is 2.54. The Bertz CT molecular complexity index is 1210. The summed E-state index contributed by atoms with van der Waals surface area (Å²) < 4.78 is 31.0. The number of amides is 2. The fourth-order valence-corrected chi connectivity index (χ4v) is 5.44. The summed E-state index contributed by atoms with van der Waals surface area (Å²) in [5.41, 5.74) is 0.602. The van der Waals surface area contributed by atoms with Crippen molar-refractivity contribution in [3.63, 3.8) is 0 Å². The Hall–Kier alpha value is -3.24. The monoisotopic (exact) mass is 443 g/mol. The highest BCUT2D eigenvalue weighted by Crippen LogP contribution is 2.30. The molecule has 2 amide bonds. The number of sulfone groups is 1. The van der Waals surface area contributed by atoms with Crippen molar-refractivity contribution in [2.75, 3.05) is 18.6 Å². The Morgan fingerprint density at radius 3 is 2.63 bits per heavy atom. The summed E-state index contributed by atoms with van der Waals surface area (Å²) in [6, 6.07) is 14.0. The van der Waals surface area contributed by atoms with Gasteiger partial charge in [0.05, 0.1) is 16.8 Å². The number of carbonyl (C=O) groups excluding carboxylic acids is 2. The van der Waals surface area contributed by atoms with Crippen LogP contribution in [0.15, 0.2) is 69.9 Å². The number of nitrogens with zero attached hydrogens (tertiary/aromatic N) is 2. The summed E-state index contributed by atoms with van der Waals surface area (Å²) in [5.74, 6) is -0.451. The van der Waals surface area contributed by atoms with Crippen LogP contribution in [0.5, 0.6) is 5.75 Å². The van der Waals surface area contributed by atoms with Crippen LogP contribution < -0.4 is 15.0 Å². The van der Waals surface area contributed by atoms with E-state index in [1.807, 2.05) is 0 Å². The molecule has 0 saturated carbocycles. The minimum absolute atomic E-state index is 0.0491. The number of hydrogen-bond donors (Lipinski definition) is 1. The summed E-state index contributed by atoms with van der Waals surface area (Å²) in [4.78, 5) is 30.9. The molecule has 1 aliphatic rings. The van der Waals surface area contributed by atoms with Crippen LogP contribution in [0.1, 0.15) is 9.80 Å². The van der Waals surface area contributed by atoms with Crippen molar-refractivity contribution in [2.24, 2.45) is 0 Å². The lowest BCUT2D eigenvalue weighted by molar-refractivity contribution is -0.120. The van der Waals surface area contributed by atoms with Gasteiger partial charge < -0.3 is 15.0 Å². The molecule has 4 rings (SSSR count). The lowest BCUT2D eigenvalue weighted by atomic mass is 10.2. The summed E-state index contributed by atoms with van der Waals surface area (Å²) in [6.07, 6.45) is 1.15. The topological polar surface area (TPSA) is 106 Å². The molecule has 154 valence electrons. The minimum atomic E-state index is -3.77. The zero-order valence-electron chi connectivity index (χ0n) is 15.8.